The van der Waals surface area contributed by atoms with Gasteiger partial charge in [0.1, 0.15) is 5.58 Å². The largest absolute Gasteiger partial charge is 0.451 e. The molecule has 1 aromatic heterocycles. The Hall–Kier alpha value is -1.29. The van der Waals surface area contributed by atoms with Crippen molar-refractivity contribution in [2.45, 2.75) is 32.0 Å². The SMILES string of the molecule is CC(C)(C)CC(Br)CNC(=O)c1cc2ccccc2o1. The van der Waals surface area contributed by atoms with Crippen molar-refractivity contribution in [2.75, 3.05) is 6.54 Å². The first kappa shape index (κ1) is 15.1. The number of benzene rings is 1. The molecule has 0 aliphatic heterocycles. The molecule has 0 fully saturated rings. The summed E-state index contributed by atoms with van der Waals surface area (Å²) in [5.74, 6) is 0.196. The third-order valence-electron chi connectivity index (χ3n) is 2.97. The van der Waals surface area contributed by atoms with E-state index >= 15 is 0 Å². The number of halogens is 1. The van der Waals surface area contributed by atoms with Crippen molar-refractivity contribution in [3.05, 3.63) is 36.1 Å². The van der Waals surface area contributed by atoms with Crippen LogP contribution in [0.5, 0.6) is 0 Å². The first-order valence-electron chi connectivity index (χ1n) is 6.76. The zero-order valence-corrected chi connectivity index (χ0v) is 13.7. The molecule has 1 aromatic carbocycles. The highest BCUT2D eigenvalue weighted by Crippen LogP contribution is 2.24. The quantitative estimate of drug-likeness (QED) is 0.842. The number of rotatable bonds is 4. The van der Waals surface area contributed by atoms with Crippen molar-refractivity contribution in [3.63, 3.8) is 0 Å². The Morgan fingerprint density at radius 3 is 2.70 bits per heavy atom. The van der Waals surface area contributed by atoms with Gasteiger partial charge in [0.15, 0.2) is 5.76 Å². The third kappa shape index (κ3) is 4.10. The summed E-state index contributed by atoms with van der Waals surface area (Å²) < 4.78 is 5.54. The number of para-hydroxylation sites is 1. The van der Waals surface area contributed by atoms with Crippen molar-refractivity contribution in [1.29, 1.82) is 0 Å². The number of carbonyl (C=O) groups is 1. The van der Waals surface area contributed by atoms with E-state index in [1.807, 2.05) is 24.3 Å². The van der Waals surface area contributed by atoms with Gasteiger partial charge in [0.05, 0.1) is 0 Å². The van der Waals surface area contributed by atoms with Gasteiger partial charge in [0.2, 0.25) is 0 Å². The molecule has 108 valence electrons. The lowest BCUT2D eigenvalue weighted by atomic mass is 9.90. The summed E-state index contributed by atoms with van der Waals surface area (Å²) in [5.41, 5.74) is 0.973. The molecule has 4 heteroatoms. The number of hydrogen-bond donors (Lipinski definition) is 1. The Morgan fingerprint density at radius 2 is 2.05 bits per heavy atom. The van der Waals surface area contributed by atoms with Crippen LogP contribution in [0, 0.1) is 5.41 Å². The fraction of sp³-hybridized carbons (Fsp3) is 0.438. The van der Waals surface area contributed by atoms with Crippen molar-refractivity contribution in [3.8, 4) is 0 Å². The Bertz CT molecular complexity index is 565. The van der Waals surface area contributed by atoms with Gasteiger partial charge in [-0.1, -0.05) is 54.9 Å². The molecule has 2 rings (SSSR count). The van der Waals surface area contributed by atoms with Gasteiger partial charge < -0.3 is 9.73 Å². The number of fused-ring (bicyclic) bond motifs is 1. The molecule has 0 saturated heterocycles. The molecule has 1 atom stereocenters. The van der Waals surface area contributed by atoms with Crippen LogP contribution in [0.4, 0.5) is 0 Å². The molecular formula is C16H20BrNO2. The van der Waals surface area contributed by atoms with E-state index in [0.29, 0.717) is 12.3 Å². The molecule has 0 aliphatic carbocycles. The second-order valence-electron chi connectivity index (χ2n) is 6.22. The topological polar surface area (TPSA) is 42.2 Å². The summed E-state index contributed by atoms with van der Waals surface area (Å²) in [5, 5.41) is 3.85. The Kier molecular flexibility index (Phi) is 4.53. The number of furan rings is 1. The van der Waals surface area contributed by atoms with Crippen LogP contribution in [0.1, 0.15) is 37.7 Å². The fourth-order valence-electron chi connectivity index (χ4n) is 2.12. The number of amides is 1. The normalized spacial score (nSPS) is 13.4. The lowest BCUT2D eigenvalue weighted by molar-refractivity contribution is 0.0927. The van der Waals surface area contributed by atoms with E-state index in [0.717, 1.165) is 17.4 Å². The van der Waals surface area contributed by atoms with E-state index < -0.39 is 0 Å². The highest BCUT2D eigenvalue weighted by atomic mass is 79.9. The van der Waals surface area contributed by atoms with Crippen LogP contribution in [-0.4, -0.2) is 17.3 Å². The van der Waals surface area contributed by atoms with Crippen LogP contribution >= 0.6 is 15.9 Å². The molecule has 0 radical (unpaired) electrons. The van der Waals surface area contributed by atoms with Crippen LogP contribution in [0.25, 0.3) is 11.0 Å². The average Bonchev–Trinajstić information content (AvgIpc) is 2.77. The Labute approximate surface area is 127 Å². The predicted octanol–water partition coefficient (Wildman–Crippen LogP) is 4.36. The molecule has 3 nitrogen and oxygen atoms in total. The van der Waals surface area contributed by atoms with E-state index in [2.05, 4.69) is 42.0 Å². The van der Waals surface area contributed by atoms with Crippen LogP contribution in [0.15, 0.2) is 34.7 Å². The van der Waals surface area contributed by atoms with Gasteiger partial charge in [-0.15, -0.1) is 0 Å². The maximum absolute atomic E-state index is 12.1. The minimum Gasteiger partial charge on any atom is -0.451 e. The standard InChI is InChI=1S/C16H20BrNO2/c1-16(2,3)9-12(17)10-18-15(19)14-8-11-6-4-5-7-13(11)20-14/h4-8,12H,9-10H2,1-3H3,(H,18,19). The maximum atomic E-state index is 12.1. The lowest BCUT2D eigenvalue weighted by Gasteiger charge is -2.22. The molecular weight excluding hydrogens is 318 g/mol. The molecule has 0 aliphatic rings. The average molecular weight is 338 g/mol. The zero-order valence-electron chi connectivity index (χ0n) is 12.1. The van der Waals surface area contributed by atoms with Gasteiger partial charge in [-0.3, -0.25) is 4.79 Å². The number of nitrogens with one attached hydrogen (secondary N) is 1. The first-order chi connectivity index (χ1) is 9.35. The van der Waals surface area contributed by atoms with E-state index in [-0.39, 0.29) is 16.1 Å². The number of alkyl halides is 1. The molecule has 1 heterocycles. The van der Waals surface area contributed by atoms with Gasteiger partial charge in [-0.25, -0.2) is 0 Å². The summed E-state index contributed by atoms with van der Waals surface area (Å²) in [6.07, 6.45) is 0.993. The van der Waals surface area contributed by atoms with E-state index in [4.69, 9.17) is 4.42 Å². The first-order valence-corrected chi connectivity index (χ1v) is 7.67. The summed E-state index contributed by atoms with van der Waals surface area (Å²) in [4.78, 5) is 12.3. The van der Waals surface area contributed by atoms with E-state index in [9.17, 15) is 4.79 Å². The zero-order chi connectivity index (χ0) is 14.8. The minimum atomic E-state index is -0.167. The summed E-state index contributed by atoms with van der Waals surface area (Å²) in [7, 11) is 0. The van der Waals surface area contributed by atoms with Crippen molar-refractivity contribution in [1.82, 2.24) is 5.32 Å². The molecule has 1 unspecified atom stereocenters. The van der Waals surface area contributed by atoms with Gasteiger partial charge in [0.25, 0.3) is 5.91 Å². The molecule has 0 bridgehead atoms. The summed E-state index contributed by atoms with van der Waals surface area (Å²) in [6, 6.07) is 9.39. The monoisotopic (exact) mass is 337 g/mol. The Morgan fingerprint density at radius 1 is 1.35 bits per heavy atom. The van der Waals surface area contributed by atoms with Gasteiger partial charge in [-0.05, 0) is 24.0 Å². The molecule has 0 spiro atoms. The number of carbonyl (C=O) groups excluding carboxylic acids is 1. The van der Waals surface area contributed by atoms with E-state index in [1.165, 1.54) is 0 Å². The number of hydrogen-bond acceptors (Lipinski definition) is 2. The fourth-order valence-corrected chi connectivity index (χ4v) is 3.25. The summed E-state index contributed by atoms with van der Waals surface area (Å²) in [6.45, 7) is 7.14. The van der Waals surface area contributed by atoms with Crippen molar-refractivity contribution >= 4 is 32.8 Å². The predicted molar refractivity (Wildman–Crippen MR) is 85.3 cm³/mol. The highest BCUT2D eigenvalue weighted by Gasteiger charge is 2.18. The highest BCUT2D eigenvalue weighted by molar-refractivity contribution is 9.09. The van der Waals surface area contributed by atoms with Gasteiger partial charge in [0, 0.05) is 16.8 Å². The minimum absolute atomic E-state index is 0.167. The van der Waals surface area contributed by atoms with Crippen LogP contribution in [0.2, 0.25) is 0 Å². The third-order valence-corrected chi connectivity index (χ3v) is 3.61. The Balaban J connectivity index is 1.95. The molecule has 0 saturated carbocycles. The van der Waals surface area contributed by atoms with Crippen LogP contribution in [-0.2, 0) is 0 Å². The lowest BCUT2D eigenvalue weighted by Crippen LogP contribution is -2.31. The van der Waals surface area contributed by atoms with Crippen LogP contribution in [0.3, 0.4) is 0 Å². The van der Waals surface area contributed by atoms with Crippen molar-refractivity contribution in [2.24, 2.45) is 5.41 Å². The van der Waals surface area contributed by atoms with Gasteiger partial charge in [-0.2, -0.15) is 0 Å². The summed E-state index contributed by atoms with van der Waals surface area (Å²) >= 11 is 3.60. The van der Waals surface area contributed by atoms with E-state index in [1.54, 1.807) is 6.07 Å². The molecule has 1 amide bonds. The molecule has 2 aromatic rings. The second-order valence-corrected chi connectivity index (χ2v) is 7.52. The maximum Gasteiger partial charge on any atom is 0.287 e. The molecule has 20 heavy (non-hydrogen) atoms. The van der Waals surface area contributed by atoms with Crippen LogP contribution < -0.4 is 5.32 Å². The molecule has 1 N–H and O–H groups in total. The second kappa shape index (κ2) is 6.00. The van der Waals surface area contributed by atoms with Crippen molar-refractivity contribution < 1.29 is 9.21 Å². The van der Waals surface area contributed by atoms with Gasteiger partial charge >= 0.3 is 0 Å². The smallest absolute Gasteiger partial charge is 0.287 e.